The minimum absolute atomic E-state index is 0.668. The van der Waals surface area contributed by atoms with Crippen molar-refractivity contribution >= 4 is 0 Å². The molecule has 0 radical (unpaired) electrons. The molecular weight excluding hydrogens is 120 g/mol. The van der Waals surface area contributed by atoms with Crippen molar-refractivity contribution in [1.29, 1.82) is 0 Å². The lowest BCUT2D eigenvalue weighted by Gasteiger charge is -2.09. The molecule has 0 heteroatoms. The Morgan fingerprint density at radius 2 is 2.00 bits per heavy atom. The summed E-state index contributed by atoms with van der Waals surface area (Å²) in [6, 6.07) is 0. The van der Waals surface area contributed by atoms with Gasteiger partial charge in [0.15, 0.2) is 0 Å². The second-order valence-corrected chi connectivity index (χ2v) is 3.15. The Kier molecular flexibility index (Phi) is 4.10. The maximum atomic E-state index is 3.88. The first-order chi connectivity index (χ1) is 4.57. The molecule has 0 atom stereocenters. The van der Waals surface area contributed by atoms with Crippen LogP contribution in [0, 0.1) is 5.92 Å². The smallest absolute Gasteiger partial charge is 0.0111 e. The molecule has 0 bridgehead atoms. The fraction of sp³-hybridized carbons (Fsp3) is 0.600. The molecule has 0 aliphatic carbocycles. The molecule has 0 aromatic carbocycles. The van der Waals surface area contributed by atoms with Crippen LogP contribution in [0.5, 0.6) is 0 Å². The van der Waals surface area contributed by atoms with E-state index in [9.17, 15) is 0 Å². The average Bonchev–Trinajstić information content (AvgIpc) is 1.81. The van der Waals surface area contributed by atoms with Crippen LogP contribution in [0.1, 0.15) is 34.1 Å². The molecule has 0 heterocycles. The molecule has 0 rings (SSSR count). The van der Waals surface area contributed by atoms with Gasteiger partial charge in [0.2, 0.25) is 0 Å². The molecule has 0 unspecified atom stereocenters. The van der Waals surface area contributed by atoms with E-state index in [2.05, 4.69) is 40.3 Å². The van der Waals surface area contributed by atoms with Crippen molar-refractivity contribution in [3.8, 4) is 0 Å². The van der Waals surface area contributed by atoms with E-state index in [1.54, 1.807) is 0 Å². The van der Waals surface area contributed by atoms with Crippen molar-refractivity contribution in [3.63, 3.8) is 0 Å². The van der Waals surface area contributed by atoms with Crippen molar-refractivity contribution in [1.82, 2.24) is 0 Å². The quantitative estimate of drug-likeness (QED) is 0.523. The number of rotatable bonds is 3. The third-order valence-electron chi connectivity index (χ3n) is 1.62. The molecule has 0 aromatic heterocycles. The standard InChI is InChI=1S/C10H18/c1-6-10(9(4)5)7-8(2)3/h6,9H,2,7H2,1,3-5H3. The summed E-state index contributed by atoms with van der Waals surface area (Å²) in [4.78, 5) is 0. The van der Waals surface area contributed by atoms with Crippen LogP contribution in [0.2, 0.25) is 0 Å². The zero-order valence-corrected chi connectivity index (χ0v) is 7.57. The molecule has 0 aromatic rings. The molecule has 0 aliphatic rings. The molecule has 10 heavy (non-hydrogen) atoms. The fourth-order valence-electron chi connectivity index (χ4n) is 0.988. The maximum Gasteiger partial charge on any atom is -0.0111 e. The Bertz CT molecular complexity index is 138. The van der Waals surface area contributed by atoms with E-state index in [4.69, 9.17) is 0 Å². The Morgan fingerprint density at radius 1 is 1.50 bits per heavy atom. The van der Waals surface area contributed by atoms with Crippen molar-refractivity contribution in [2.24, 2.45) is 5.92 Å². The second kappa shape index (κ2) is 4.32. The van der Waals surface area contributed by atoms with Crippen LogP contribution in [0.3, 0.4) is 0 Å². The normalized spacial score (nSPS) is 12.3. The van der Waals surface area contributed by atoms with E-state index in [-0.39, 0.29) is 0 Å². The fourth-order valence-corrected chi connectivity index (χ4v) is 0.988. The van der Waals surface area contributed by atoms with Crippen LogP contribution in [0.25, 0.3) is 0 Å². The van der Waals surface area contributed by atoms with E-state index in [0.29, 0.717) is 5.92 Å². The highest BCUT2D eigenvalue weighted by Crippen LogP contribution is 2.17. The molecular formula is C10H18. The summed E-state index contributed by atoms with van der Waals surface area (Å²) in [7, 11) is 0. The van der Waals surface area contributed by atoms with Crippen LogP contribution in [0.4, 0.5) is 0 Å². The van der Waals surface area contributed by atoms with Crippen LogP contribution in [-0.4, -0.2) is 0 Å². The topological polar surface area (TPSA) is 0 Å². The van der Waals surface area contributed by atoms with Crippen molar-refractivity contribution in [2.45, 2.75) is 34.1 Å². The minimum atomic E-state index is 0.668. The zero-order chi connectivity index (χ0) is 8.15. The summed E-state index contributed by atoms with van der Waals surface area (Å²) >= 11 is 0. The number of hydrogen-bond acceptors (Lipinski definition) is 0. The van der Waals surface area contributed by atoms with Gasteiger partial charge in [-0.3, -0.25) is 0 Å². The van der Waals surface area contributed by atoms with Crippen LogP contribution in [0.15, 0.2) is 23.8 Å². The summed E-state index contributed by atoms with van der Waals surface area (Å²) in [5, 5.41) is 0. The Labute approximate surface area is 64.6 Å². The van der Waals surface area contributed by atoms with Gasteiger partial charge in [0.25, 0.3) is 0 Å². The lowest BCUT2D eigenvalue weighted by atomic mass is 9.97. The molecule has 0 saturated heterocycles. The highest BCUT2D eigenvalue weighted by atomic mass is 14.1. The van der Waals surface area contributed by atoms with Crippen LogP contribution >= 0.6 is 0 Å². The summed E-state index contributed by atoms with van der Waals surface area (Å²) in [6.07, 6.45) is 3.26. The Morgan fingerprint density at radius 3 is 2.10 bits per heavy atom. The summed E-state index contributed by atoms with van der Waals surface area (Å²) < 4.78 is 0. The van der Waals surface area contributed by atoms with E-state index >= 15 is 0 Å². The zero-order valence-electron chi connectivity index (χ0n) is 7.57. The highest BCUT2D eigenvalue weighted by Gasteiger charge is 2.00. The minimum Gasteiger partial charge on any atom is -0.0998 e. The SMILES string of the molecule is C=C(C)CC(=CC)C(C)C. The monoisotopic (exact) mass is 138 g/mol. The first-order valence-electron chi connectivity index (χ1n) is 3.87. The third kappa shape index (κ3) is 3.49. The second-order valence-electron chi connectivity index (χ2n) is 3.15. The van der Waals surface area contributed by atoms with Gasteiger partial charge in [0.05, 0.1) is 0 Å². The Hall–Kier alpha value is -0.520. The summed E-state index contributed by atoms with van der Waals surface area (Å²) in [5.41, 5.74) is 2.74. The molecule has 0 nitrogen and oxygen atoms in total. The highest BCUT2D eigenvalue weighted by molar-refractivity contribution is 5.12. The predicted octanol–water partition coefficient (Wildman–Crippen LogP) is 3.55. The third-order valence-corrected chi connectivity index (χ3v) is 1.62. The van der Waals surface area contributed by atoms with Crippen LogP contribution in [-0.2, 0) is 0 Å². The summed E-state index contributed by atoms with van der Waals surface area (Å²) in [5.74, 6) is 0.668. The number of allylic oxidation sites excluding steroid dienone is 3. The van der Waals surface area contributed by atoms with Gasteiger partial charge >= 0.3 is 0 Å². The number of hydrogen-bond donors (Lipinski definition) is 0. The maximum absolute atomic E-state index is 3.88. The molecule has 0 aliphatic heterocycles. The molecule has 0 fully saturated rings. The molecule has 0 spiro atoms. The molecule has 0 amide bonds. The van der Waals surface area contributed by atoms with Gasteiger partial charge in [-0.25, -0.2) is 0 Å². The van der Waals surface area contributed by atoms with Crippen molar-refractivity contribution < 1.29 is 0 Å². The molecule has 0 saturated carbocycles. The predicted molar refractivity (Wildman–Crippen MR) is 48.0 cm³/mol. The lowest BCUT2D eigenvalue weighted by molar-refractivity contribution is 0.737. The van der Waals surface area contributed by atoms with Gasteiger partial charge in [0.1, 0.15) is 0 Å². The lowest BCUT2D eigenvalue weighted by Crippen LogP contribution is -1.93. The first-order valence-corrected chi connectivity index (χ1v) is 3.87. The van der Waals surface area contributed by atoms with E-state index in [1.807, 2.05) is 0 Å². The molecule has 58 valence electrons. The average molecular weight is 138 g/mol. The summed E-state index contributed by atoms with van der Waals surface area (Å²) in [6.45, 7) is 12.5. The largest absolute Gasteiger partial charge is 0.0998 e. The van der Waals surface area contributed by atoms with Gasteiger partial charge < -0.3 is 0 Å². The van der Waals surface area contributed by atoms with E-state index in [1.165, 1.54) is 11.1 Å². The molecule has 0 N–H and O–H groups in total. The van der Waals surface area contributed by atoms with Crippen molar-refractivity contribution in [2.75, 3.05) is 0 Å². The first kappa shape index (κ1) is 9.48. The van der Waals surface area contributed by atoms with Gasteiger partial charge in [-0.1, -0.05) is 37.6 Å². The van der Waals surface area contributed by atoms with Gasteiger partial charge in [-0.05, 0) is 26.2 Å². The van der Waals surface area contributed by atoms with Crippen LogP contribution < -0.4 is 0 Å². The van der Waals surface area contributed by atoms with Crippen molar-refractivity contribution in [3.05, 3.63) is 23.8 Å². The van der Waals surface area contributed by atoms with E-state index in [0.717, 1.165) is 6.42 Å². The van der Waals surface area contributed by atoms with E-state index < -0.39 is 0 Å². The van der Waals surface area contributed by atoms with Gasteiger partial charge in [-0.15, -0.1) is 0 Å². The van der Waals surface area contributed by atoms with Gasteiger partial charge in [0, 0.05) is 0 Å². The Balaban J connectivity index is 3.99. The van der Waals surface area contributed by atoms with Gasteiger partial charge in [-0.2, -0.15) is 0 Å².